The number of carbonyl (C=O) groups excluding carboxylic acids is 2. The minimum absolute atomic E-state index is 0.0411. The van der Waals surface area contributed by atoms with E-state index in [1.165, 1.54) is 12.8 Å². The minimum atomic E-state index is 0.0411. The van der Waals surface area contributed by atoms with Crippen molar-refractivity contribution in [3.05, 3.63) is 29.8 Å². The molecule has 1 aromatic rings. The number of amides is 2. The van der Waals surface area contributed by atoms with Crippen LogP contribution in [0.2, 0.25) is 0 Å². The van der Waals surface area contributed by atoms with Crippen LogP contribution in [0.5, 0.6) is 5.75 Å². The van der Waals surface area contributed by atoms with E-state index in [2.05, 4.69) is 4.90 Å². The van der Waals surface area contributed by atoms with Crippen LogP contribution in [0.1, 0.15) is 61.7 Å². The van der Waals surface area contributed by atoms with E-state index in [1.54, 1.807) is 24.3 Å². The summed E-state index contributed by atoms with van der Waals surface area (Å²) in [6.07, 6.45) is 8.41. The summed E-state index contributed by atoms with van der Waals surface area (Å²) in [6, 6.07) is 6.94. The van der Waals surface area contributed by atoms with Gasteiger partial charge in [0.15, 0.2) is 0 Å². The standard InChI is InChI=1S/C21H28N2O3/c24-18-7-5-16(6-8-18)20(26)22-13-11-21(12-14-22)10-9-19(25)23(15-21)17-3-1-2-4-17/h5-8,17,24H,1-4,9-15H2. The number of piperidine rings is 2. The highest BCUT2D eigenvalue weighted by Crippen LogP contribution is 2.42. The molecular formula is C21H28N2O3. The Morgan fingerprint density at radius 2 is 1.69 bits per heavy atom. The molecule has 3 aliphatic rings. The summed E-state index contributed by atoms with van der Waals surface area (Å²) in [7, 11) is 0. The monoisotopic (exact) mass is 356 g/mol. The molecule has 5 nitrogen and oxygen atoms in total. The summed E-state index contributed by atoms with van der Waals surface area (Å²) in [5.41, 5.74) is 0.826. The number of phenolic OH excluding ortho intramolecular Hbond substituents is 1. The number of nitrogens with zero attached hydrogens (tertiary/aromatic N) is 2. The van der Waals surface area contributed by atoms with E-state index in [0.717, 1.165) is 51.7 Å². The molecule has 140 valence electrons. The number of phenols is 1. The molecule has 1 spiro atoms. The maximum absolute atomic E-state index is 12.7. The average Bonchev–Trinajstić information content (AvgIpc) is 3.19. The highest BCUT2D eigenvalue weighted by Gasteiger charge is 2.43. The van der Waals surface area contributed by atoms with Crippen molar-refractivity contribution in [2.75, 3.05) is 19.6 Å². The van der Waals surface area contributed by atoms with Crippen LogP contribution in [0.25, 0.3) is 0 Å². The first-order valence-corrected chi connectivity index (χ1v) is 9.94. The molecule has 3 fully saturated rings. The smallest absolute Gasteiger partial charge is 0.253 e. The van der Waals surface area contributed by atoms with E-state index in [0.29, 0.717) is 23.9 Å². The first-order chi connectivity index (χ1) is 12.6. The van der Waals surface area contributed by atoms with Crippen LogP contribution in [-0.2, 0) is 4.79 Å². The van der Waals surface area contributed by atoms with Crippen molar-refractivity contribution in [1.82, 2.24) is 9.80 Å². The maximum Gasteiger partial charge on any atom is 0.253 e. The Bertz CT molecular complexity index is 671. The number of rotatable bonds is 2. The van der Waals surface area contributed by atoms with Crippen molar-refractivity contribution in [1.29, 1.82) is 0 Å². The van der Waals surface area contributed by atoms with Crippen molar-refractivity contribution in [3.63, 3.8) is 0 Å². The molecule has 1 aromatic carbocycles. The normalized spacial score (nSPS) is 23.6. The van der Waals surface area contributed by atoms with Gasteiger partial charge in [-0.25, -0.2) is 0 Å². The van der Waals surface area contributed by atoms with E-state index < -0.39 is 0 Å². The predicted octanol–water partition coefficient (Wildman–Crippen LogP) is 3.18. The van der Waals surface area contributed by atoms with Gasteiger partial charge >= 0.3 is 0 Å². The van der Waals surface area contributed by atoms with Gasteiger partial charge in [-0.2, -0.15) is 0 Å². The first kappa shape index (κ1) is 17.4. The second-order valence-corrected chi connectivity index (χ2v) is 8.30. The van der Waals surface area contributed by atoms with Gasteiger partial charge in [0.1, 0.15) is 5.75 Å². The van der Waals surface area contributed by atoms with E-state index in [-0.39, 0.29) is 17.1 Å². The Morgan fingerprint density at radius 3 is 2.35 bits per heavy atom. The van der Waals surface area contributed by atoms with Gasteiger partial charge in [-0.1, -0.05) is 12.8 Å². The van der Waals surface area contributed by atoms with Gasteiger partial charge in [0.05, 0.1) is 0 Å². The molecule has 1 N–H and O–H groups in total. The Labute approximate surface area is 155 Å². The fraction of sp³-hybridized carbons (Fsp3) is 0.619. The van der Waals surface area contributed by atoms with Crippen molar-refractivity contribution in [2.24, 2.45) is 5.41 Å². The van der Waals surface area contributed by atoms with Gasteiger partial charge < -0.3 is 14.9 Å². The van der Waals surface area contributed by atoms with Gasteiger partial charge in [-0.15, -0.1) is 0 Å². The van der Waals surface area contributed by atoms with Gasteiger partial charge in [0.2, 0.25) is 5.91 Å². The molecule has 0 radical (unpaired) electrons. The quantitative estimate of drug-likeness (QED) is 0.885. The molecule has 26 heavy (non-hydrogen) atoms. The lowest BCUT2D eigenvalue weighted by atomic mass is 9.72. The highest BCUT2D eigenvalue weighted by molar-refractivity contribution is 5.94. The van der Waals surface area contributed by atoms with Crippen molar-refractivity contribution < 1.29 is 14.7 Å². The zero-order chi connectivity index (χ0) is 18.1. The molecule has 0 aromatic heterocycles. The largest absolute Gasteiger partial charge is 0.508 e. The molecule has 5 heteroatoms. The van der Waals surface area contributed by atoms with E-state index in [4.69, 9.17) is 0 Å². The van der Waals surface area contributed by atoms with Crippen LogP contribution in [0.4, 0.5) is 0 Å². The zero-order valence-corrected chi connectivity index (χ0v) is 15.3. The summed E-state index contributed by atoms with van der Waals surface area (Å²) in [6.45, 7) is 2.40. The van der Waals surface area contributed by atoms with E-state index >= 15 is 0 Å². The zero-order valence-electron chi connectivity index (χ0n) is 15.3. The van der Waals surface area contributed by atoms with Crippen LogP contribution in [0.3, 0.4) is 0 Å². The van der Waals surface area contributed by atoms with Gasteiger partial charge in [0.25, 0.3) is 5.91 Å². The third kappa shape index (κ3) is 3.31. The summed E-state index contributed by atoms with van der Waals surface area (Å²) >= 11 is 0. The maximum atomic E-state index is 12.7. The summed E-state index contributed by atoms with van der Waals surface area (Å²) < 4.78 is 0. The topological polar surface area (TPSA) is 60.9 Å². The molecular weight excluding hydrogens is 328 g/mol. The lowest BCUT2D eigenvalue weighted by Crippen LogP contribution is -2.54. The van der Waals surface area contributed by atoms with Crippen LogP contribution in [-0.4, -0.2) is 52.4 Å². The Hall–Kier alpha value is -2.04. The predicted molar refractivity (Wildman–Crippen MR) is 98.9 cm³/mol. The molecule has 0 unspecified atom stereocenters. The Kier molecular flexibility index (Phi) is 4.63. The molecule has 2 heterocycles. The third-order valence-electron chi connectivity index (χ3n) is 6.69. The van der Waals surface area contributed by atoms with E-state index in [9.17, 15) is 14.7 Å². The molecule has 2 saturated heterocycles. The van der Waals surface area contributed by atoms with Crippen LogP contribution < -0.4 is 0 Å². The SMILES string of the molecule is O=C(c1ccc(O)cc1)N1CCC2(CCC(=O)N(C3CCCC3)C2)CC1. The molecule has 1 saturated carbocycles. The third-order valence-corrected chi connectivity index (χ3v) is 6.69. The molecule has 2 amide bonds. The molecule has 0 atom stereocenters. The number of likely N-dealkylation sites (tertiary alicyclic amines) is 2. The van der Waals surface area contributed by atoms with Crippen LogP contribution >= 0.6 is 0 Å². The number of carbonyl (C=O) groups is 2. The minimum Gasteiger partial charge on any atom is -0.508 e. The van der Waals surface area contributed by atoms with Crippen molar-refractivity contribution >= 4 is 11.8 Å². The highest BCUT2D eigenvalue weighted by atomic mass is 16.3. The second-order valence-electron chi connectivity index (χ2n) is 8.30. The van der Waals surface area contributed by atoms with Gasteiger partial charge in [0, 0.05) is 37.7 Å². The van der Waals surface area contributed by atoms with Crippen molar-refractivity contribution in [3.8, 4) is 5.75 Å². The number of aromatic hydroxyl groups is 1. The van der Waals surface area contributed by atoms with Crippen LogP contribution in [0, 0.1) is 5.41 Å². The average molecular weight is 356 g/mol. The molecule has 0 bridgehead atoms. The molecule has 1 aliphatic carbocycles. The Morgan fingerprint density at radius 1 is 1.04 bits per heavy atom. The fourth-order valence-corrected chi connectivity index (χ4v) is 4.97. The summed E-state index contributed by atoms with van der Waals surface area (Å²) in [4.78, 5) is 29.2. The summed E-state index contributed by atoms with van der Waals surface area (Å²) in [5, 5.41) is 9.39. The first-order valence-electron chi connectivity index (χ1n) is 9.94. The second kappa shape index (κ2) is 6.93. The van der Waals surface area contributed by atoms with Crippen LogP contribution in [0.15, 0.2) is 24.3 Å². The van der Waals surface area contributed by atoms with Gasteiger partial charge in [-0.3, -0.25) is 9.59 Å². The lowest BCUT2D eigenvalue weighted by molar-refractivity contribution is -0.142. The molecule has 2 aliphatic heterocycles. The van der Waals surface area contributed by atoms with Gasteiger partial charge in [-0.05, 0) is 61.8 Å². The summed E-state index contributed by atoms with van der Waals surface area (Å²) in [5.74, 6) is 0.558. The number of hydrogen-bond donors (Lipinski definition) is 1. The number of hydrogen-bond acceptors (Lipinski definition) is 3. The van der Waals surface area contributed by atoms with Crippen molar-refractivity contribution in [2.45, 2.75) is 57.4 Å². The van der Waals surface area contributed by atoms with E-state index in [1.807, 2.05) is 4.90 Å². The fourth-order valence-electron chi connectivity index (χ4n) is 4.97. The molecule has 4 rings (SSSR count). The Balaban J connectivity index is 1.40. The lowest BCUT2D eigenvalue weighted by Gasteiger charge is -2.49. The number of benzene rings is 1.